The molecule has 0 aliphatic heterocycles. The molecule has 0 bridgehead atoms. The molecule has 0 spiro atoms. The summed E-state index contributed by atoms with van der Waals surface area (Å²) in [6.45, 7) is -2.76. The van der Waals surface area contributed by atoms with Crippen LogP contribution in [-0.4, -0.2) is 19.1 Å². The lowest BCUT2D eigenvalue weighted by Gasteiger charge is -2.17. The molecule has 0 aliphatic rings. The predicted molar refractivity (Wildman–Crippen MR) is 103 cm³/mol. The van der Waals surface area contributed by atoms with E-state index in [9.17, 15) is 18.0 Å². The van der Waals surface area contributed by atoms with Crippen molar-refractivity contribution in [3.05, 3.63) is 95.8 Å². The number of halogens is 3. The largest absolute Gasteiger partial charge is 0.435 e. The van der Waals surface area contributed by atoms with Crippen LogP contribution in [0.3, 0.4) is 0 Å². The predicted octanol–water partition coefficient (Wildman–Crippen LogP) is 3.72. The first-order valence-corrected chi connectivity index (χ1v) is 9.00. The minimum absolute atomic E-state index is 0.0737. The number of amides is 1. The zero-order valence-corrected chi connectivity index (χ0v) is 15.4. The van der Waals surface area contributed by atoms with Gasteiger partial charge in [-0.1, -0.05) is 30.3 Å². The maximum Gasteiger partial charge on any atom is 0.387 e. The van der Waals surface area contributed by atoms with Gasteiger partial charge in [0.2, 0.25) is 0 Å². The van der Waals surface area contributed by atoms with Gasteiger partial charge in [0, 0.05) is 16.8 Å². The van der Waals surface area contributed by atoms with Gasteiger partial charge < -0.3 is 15.4 Å². The van der Waals surface area contributed by atoms with Crippen molar-refractivity contribution in [3.8, 4) is 5.75 Å². The highest BCUT2D eigenvalue weighted by Gasteiger charge is 2.19. The fourth-order valence-corrected chi connectivity index (χ4v) is 2.95. The molecule has 3 aromatic carbocycles. The number of quaternary nitrogens is 1. The summed E-state index contributed by atoms with van der Waals surface area (Å²) in [7, 11) is 0. The Kier molecular flexibility index (Phi) is 6.86. The normalized spacial score (nSPS) is 11.9. The van der Waals surface area contributed by atoms with Crippen LogP contribution in [0.1, 0.15) is 17.2 Å². The van der Waals surface area contributed by atoms with Crippen LogP contribution in [0.15, 0.2) is 78.9 Å². The van der Waals surface area contributed by atoms with Gasteiger partial charge in [-0.25, -0.2) is 4.39 Å². The topological polar surface area (TPSA) is 54.9 Å². The van der Waals surface area contributed by atoms with Crippen molar-refractivity contribution in [1.82, 2.24) is 0 Å². The van der Waals surface area contributed by atoms with Crippen LogP contribution in [0.5, 0.6) is 5.75 Å². The molecule has 3 aromatic rings. The molecule has 4 nitrogen and oxygen atoms in total. The summed E-state index contributed by atoms with van der Waals surface area (Å²) in [5.41, 5.74) is 2.31. The van der Waals surface area contributed by atoms with Gasteiger partial charge in [-0.3, -0.25) is 4.79 Å². The number of hydrogen-bond acceptors (Lipinski definition) is 2. The zero-order valence-electron chi connectivity index (χ0n) is 15.4. The quantitative estimate of drug-likeness (QED) is 0.605. The van der Waals surface area contributed by atoms with Crippen LogP contribution < -0.4 is 15.4 Å². The highest BCUT2D eigenvalue weighted by atomic mass is 19.3. The maximum absolute atomic E-state index is 13.0. The van der Waals surface area contributed by atoms with Crippen LogP contribution in [0.4, 0.5) is 18.9 Å². The van der Waals surface area contributed by atoms with E-state index in [-0.39, 0.29) is 30.1 Å². The number of rotatable bonds is 8. The Hall–Kier alpha value is -3.32. The first kappa shape index (κ1) is 20.4. The molecule has 0 heterocycles. The van der Waals surface area contributed by atoms with Crippen molar-refractivity contribution in [3.63, 3.8) is 0 Å². The van der Waals surface area contributed by atoms with Crippen molar-refractivity contribution in [1.29, 1.82) is 0 Å². The fraction of sp³-hybridized carbons (Fsp3) is 0.136. The molecule has 0 aliphatic carbocycles. The highest BCUT2D eigenvalue weighted by Crippen LogP contribution is 2.22. The Morgan fingerprint density at radius 2 is 1.52 bits per heavy atom. The number of nitrogens with two attached hydrogens (primary N) is 1. The Bertz CT molecular complexity index is 917. The van der Waals surface area contributed by atoms with Crippen LogP contribution in [-0.2, 0) is 4.79 Å². The van der Waals surface area contributed by atoms with Crippen molar-refractivity contribution in [2.75, 3.05) is 11.9 Å². The molecule has 7 heteroatoms. The molecular formula is C22H20F3N2O2+. The smallest absolute Gasteiger partial charge is 0.387 e. The summed E-state index contributed by atoms with van der Waals surface area (Å²) in [5.74, 6) is -0.544. The van der Waals surface area contributed by atoms with E-state index in [1.165, 1.54) is 36.4 Å². The van der Waals surface area contributed by atoms with E-state index in [4.69, 9.17) is 0 Å². The lowest BCUT2D eigenvalue weighted by atomic mass is 9.98. The van der Waals surface area contributed by atoms with Crippen LogP contribution >= 0.6 is 0 Å². The van der Waals surface area contributed by atoms with Gasteiger partial charge in [-0.2, -0.15) is 8.78 Å². The highest BCUT2D eigenvalue weighted by molar-refractivity contribution is 5.91. The number of alkyl halides is 2. The number of benzene rings is 3. The average Bonchev–Trinajstić information content (AvgIpc) is 2.71. The van der Waals surface area contributed by atoms with E-state index in [0.29, 0.717) is 5.69 Å². The van der Waals surface area contributed by atoms with E-state index in [1.807, 2.05) is 35.6 Å². The molecule has 0 unspecified atom stereocenters. The van der Waals surface area contributed by atoms with E-state index in [2.05, 4.69) is 10.1 Å². The zero-order chi connectivity index (χ0) is 20.6. The second kappa shape index (κ2) is 9.75. The third kappa shape index (κ3) is 6.08. The first-order valence-electron chi connectivity index (χ1n) is 9.00. The van der Waals surface area contributed by atoms with Gasteiger partial charge >= 0.3 is 6.61 Å². The molecule has 1 amide bonds. The minimum atomic E-state index is -2.88. The number of carbonyl (C=O) groups is 1. The Morgan fingerprint density at radius 3 is 2.14 bits per heavy atom. The van der Waals surface area contributed by atoms with Crippen molar-refractivity contribution in [2.45, 2.75) is 12.7 Å². The number of anilines is 1. The van der Waals surface area contributed by atoms with Gasteiger partial charge in [-0.05, 0) is 48.5 Å². The second-order valence-corrected chi connectivity index (χ2v) is 6.33. The van der Waals surface area contributed by atoms with Crippen LogP contribution in [0.25, 0.3) is 0 Å². The SMILES string of the molecule is O=C(C[NH2+][C@@H](c1ccccc1)c1ccc(OC(F)F)cc1)Nc1ccc(F)cc1. The van der Waals surface area contributed by atoms with Crippen molar-refractivity contribution < 1.29 is 28.0 Å². The van der Waals surface area contributed by atoms with Gasteiger partial charge in [0.1, 0.15) is 17.6 Å². The summed E-state index contributed by atoms with van der Waals surface area (Å²) in [6, 6.07) is 21.2. The Labute approximate surface area is 166 Å². The average molecular weight is 401 g/mol. The number of nitrogens with one attached hydrogen (secondary N) is 1. The van der Waals surface area contributed by atoms with Crippen LogP contribution in [0, 0.1) is 5.82 Å². The first-order chi connectivity index (χ1) is 14.0. The lowest BCUT2D eigenvalue weighted by Crippen LogP contribution is -2.87. The molecule has 0 fully saturated rings. The summed E-state index contributed by atoms with van der Waals surface area (Å²) in [6.07, 6.45) is 0. The molecular weight excluding hydrogens is 381 g/mol. The van der Waals surface area contributed by atoms with Crippen molar-refractivity contribution in [2.24, 2.45) is 0 Å². The molecule has 3 N–H and O–H groups in total. The monoisotopic (exact) mass is 401 g/mol. The Morgan fingerprint density at radius 1 is 0.897 bits per heavy atom. The van der Waals surface area contributed by atoms with Gasteiger partial charge in [-0.15, -0.1) is 0 Å². The van der Waals surface area contributed by atoms with Gasteiger partial charge in [0.25, 0.3) is 5.91 Å². The third-order valence-corrected chi connectivity index (χ3v) is 4.29. The molecule has 29 heavy (non-hydrogen) atoms. The van der Waals surface area contributed by atoms with E-state index in [0.717, 1.165) is 11.1 Å². The Balaban J connectivity index is 1.71. The summed E-state index contributed by atoms with van der Waals surface area (Å²) in [5, 5.41) is 4.56. The molecule has 0 saturated heterocycles. The lowest BCUT2D eigenvalue weighted by molar-refractivity contribution is -0.676. The van der Waals surface area contributed by atoms with Crippen molar-refractivity contribution >= 4 is 11.6 Å². The number of ether oxygens (including phenoxy) is 1. The summed E-state index contributed by atoms with van der Waals surface area (Å²) in [4.78, 5) is 12.3. The van der Waals surface area contributed by atoms with Gasteiger partial charge in [0.15, 0.2) is 6.54 Å². The molecule has 0 saturated carbocycles. The molecule has 0 radical (unpaired) electrons. The van der Waals surface area contributed by atoms with E-state index in [1.54, 1.807) is 12.1 Å². The number of hydrogen-bond donors (Lipinski definition) is 2. The standard InChI is InChI=1S/C22H19F3N2O2/c23-17-8-10-18(11-9-17)27-20(28)14-26-21(15-4-2-1-3-5-15)16-6-12-19(13-7-16)29-22(24)25/h1-13,21-22,26H,14H2,(H,27,28)/p+1/t21-/m0/s1. The van der Waals surface area contributed by atoms with E-state index < -0.39 is 6.61 Å². The second-order valence-electron chi connectivity index (χ2n) is 6.33. The molecule has 0 aromatic heterocycles. The minimum Gasteiger partial charge on any atom is -0.435 e. The molecule has 1 atom stereocenters. The summed E-state index contributed by atoms with van der Waals surface area (Å²) < 4.78 is 42.1. The van der Waals surface area contributed by atoms with Gasteiger partial charge in [0.05, 0.1) is 0 Å². The maximum atomic E-state index is 13.0. The fourth-order valence-electron chi connectivity index (χ4n) is 2.95. The summed E-state index contributed by atoms with van der Waals surface area (Å²) >= 11 is 0. The molecule has 3 rings (SSSR count). The third-order valence-electron chi connectivity index (χ3n) is 4.29. The number of carbonyl (C=O) groups excluding carboxylic acids is 1. The molecule has 150 valence electrons. The van der Waals surface area contributed by atoms with Crippen LogP contribution in [0.2, 0.25) is 0 Å². The van der Waals surface area contributed by atoms with E-state index >= 15 is 0 Å².